The highest BCUT2D eigenvalue weighted by molar-refractivity contribution is 5.86. The maximum atomic E-state index is 4.14. The van der Waals surface area contributed by atoms with Gasteiger partial charge in [0, 0.05) is 18.6 Å². The Kier molecular flexibility index (Phi) is 13.0. The molecule has 3 aromatic carbocycles. The van der Waals surface area contributed by atoms with Crippen molar-refractivity contribution in [2.75, 3.05) is 0 Å². The van der Waals surface area contributed by atoms with Crippen LogP contribution in [0.5, 0.6) is 0 Å². The molecule has 35 heavy (non-hydrogen) atoms. The number of nitrogens with one attached hydrogen (secondary N) is 2. The predicted molar refractivity (Wildman–Crippen MR) is 153 cm³/mol. The molecule has 2 N–H and O–H groups in total. The number of allylic oxidation sites excluding steroid dienone is 3. The number of hydrogen-bond donors (Lipinski definition) is 2. The summed E-state index contributed by atoms with van der Waals surface area (Å²) in [6.07, 6.45) is 16.2. The molecule has 0 saturated carbocycles. The van der Waals surface area contributed by atoms with E-state index < -0.39 is 0 Å². The van der Waals surface area contributed by atoms with E-state index in [9.17, 15) is 0 Å². The second kappa shape index (κ2) is 17.0. The van der Waals surface area contributed by atoms with Crippen LogP contribution < -0.4 is 10.9 Å². The highest BCUT2D eigenvalue weighted by Crippen LogP contribution is 2.01. The van der Waals surface area contributed by atoms with Crippen LogP contribution in [0.1, 0.15) is 16.7 Å². The van der Waals surface area contributed by atoms with Crippen LogP contribution in [-0.2, 0) is 0 Å². The highest BCUT2D eigenvalue weighted by atomic mass is 35.5. The topological polar surface area (TPSA) is 73.5 Å². The SMILES string of the molecule is C(=C\c1ccccc1)/C=N/N=C(N/N=C/C=C/c1ccccc1)N/N=C/C=C/c1ccccc1.Cl. The van der Waals surface area contributed by atoms with Crippen LogP contribution in [0, 0.1) is 0 Å². The lowest BCUT2D eigenvalue weighted by Gasteiger charge is -2.01. The van der Waals surface area contributed by atoms with Gasteiger partial charge in [-0.25, -0.2) is 10.9 Å². The molecular weight excluding hydrogens is 456 g/mol. The first-order chi connectivity index (χ1) is 16.9. The number of hydrogen-bond acceptors (Lipinski definition) is 4. The van der Waals surface area contributed by atoms with Gasteiger partial charge in [0.15, 0.2) is 0 Å². The summed E-state index contributed by atoms with van der Waals surface area (Å²) in [5.41, 5.74) is 8.87. The maximum Gasteiger partial charge on any atom is 0.257 e. The van der Waals surface area contributed by atoms with Crippen molar-refractivity contribution in [1.29, 1.82) is 0 Å². The largest absolute Gasteiger partial charge is 0.257 e. The predicted octanol–water partition coefficient (Wildman–Crippen LogP) is 6.04. The molecule has 0 saturated heterocycles. The molecule has 0 fully saturated rings. The van der Waals surface area contributed by atoms with Crippen molar-refractivity contribution in [2.45, 2.75) is 0 Å². The van der Waals surface area contributed by atoms with Crippen LogP contribution in [0.3, 0.4) is 0 Å². The van der Waals surface area contributed by atoms with Gasteiger partial charge in [0.25, 0.3) is 5.96 Å². The van der Waals surface area contributed by atoms with Crippen molar-refractivity contribution in [3.63, 3.8) is 0 Å². The van der Waals surface area contributed by atoms with E-state index in [-0.39, 0.29) is 18.4 Å². The highest BCUT2D eigenvalue weighted by Gasteiger charge is 1.92. The molecule has 0 aromatic heterocycles. The van der Waals surface area contributed by atoms with Gasteiger partial charge in [-0.05, 0) is 34.9 Å². The molecule has 0 atom stereocenters. The van der Waals surface area contributed by atoms with Gasteiger partial charge < -0.3 is 0 Å². The first-order valence-corrected chi connectivity index (χ1v) is 10.7. The minimum absolute atomic E-state index is 0. The molecule has 0 amide bonds. The zero-order valence-electron chi connectivity index (χ0n) is 19.1. The number of halogens is 1. The molecule has 0 radical (unpaired) electrons. The third kappa shape index (κ3) is 11.8. The van der Waals surface area contributed by atoms with E-state index in [0.29, 0.717) is 0 Å². The monoisotopic (exact) mass is 482 g/mol. The molecule has 3 aromatic rings. The minimum Gasteiger partial charge on any atom is -0.244 e. The van der Waals surface area contributed by atoms with Crippen LogP contribution in [0.15, 0.2) is 130 Å². The van der Waals surface area contributed by atoms with Gasteiger partial charge in [-0.3, -0.25) is 0 Å². The third-order valence-electron chi connectivity index (χ3n) is 4.24. The molecule has 3 rings (SSSR count). The number of benzene rings is 3. The van der Waals surface area contributed by atoms with Crippen LogP contribution in [-0.4, -0.2) is 24.6 Å². The van der Waals surface area contributed by atoms with E-state index in [1.807, 2.05) is 127 Å². The lowest BCUT2D eigenvalue weighted by molar-refractivity contribution is 0.891. The maximum absolute atomic E-state index is 4.14. The zero-order valence-corrected chi connectivity index (χ0v) is 19.9. The van der Waals surface area contributed by atoms with Crippen LogP contribution in [0.4, 0.5) is 0 Å². The number of hydrazone groups is 2. The number of rotatable bonds is 9. The van der Waals surface area contributed by atoms with E-state index in [4.69, 9.17) is 0 Å². The van der Waals surface area contributed by atoms with Crippen molar-refractivity contribution in [2.24, 2.45) is 20.4 Å². The summed E-state index contributed by atoms with van der Waals surface area (Å²) in [5, 5.41) is 16.4. The zero-order chi connectivity index (χ0) is 23.5. The fourth-order valence-electron chi connectivity index (χ4n) is 2.64. The van der Waals surface area contributed by atoms with Crippen LogP contribution in [0.2, 0.25) is 0 Å². The van der Waals surface area contributed by atoms with Gasteiger partial charge >= 0.3 is 0 Å². The van der Waals surface area contributed by atoms with Gasteiger partial charge in [-0.15, -0.1) is 17.5 Å². The van der Waals surface area contributed by atoms with Crippen molar-refractivity contribution in [3.8, 4) is 0 Å². The van der Waals surface area contributed by atoms with E-state index in [0.717, 1.165) is 16.7 Å². The Balaban J connectivity index is 0.00000432. The van der Waals surface area contributed by atoms with Gasteiger partial charge in [0.05, 0.1) is 0 Å². The van der Waals surface area contributed by atoms with Crippen molar-refractivity contribution in [3.05, 3.63) is 126 Å². The molecule has 176 valence electrons. The number of guanidine groups is 1. The Bertz CT molecular complexity index is 1120. The Morgan fingerprint density at radius 3 is 1.29 bits per heavy atom. The summed E-state index contributed by atoms with van der Waals surface area (Å²) in [4.78, 5) is 0. The standard InChI is InChI=1S/C28H26N6.ClH/c1-4-13-25(14-5-1)19-10-22-29-32-28(33-30-23-11-20-26-15-6-2-7-16-26)34-31-24-12-21-27-17-8-3-9-18-27;/h1-24H,(H2,32,33,34);1H/b19-10+,20-11+,21-12+,29-22+,30-23+,31-24+;. The quantitative estimate of drug-likeness (QED) is 0.221. The van der Waals surface area contributed by atoms with Crippen molar-refractivity contribution >= 4 is 55.2 Å². The van der Waals surface area contributed by atoms with E-state index >= 15 is 0 Å². The Hall–Kier alpha value is -4.55. The molecule has 0 heterocycles. The summed E-state index contributed by atoms with van der Waals surface area (Å²) >= 11 is 0. The molecule has 7 heteroatoms. The van der Waals surface area contributed by atoms with Crippen LogP contribution >= 0.6 is 12.4 Å². The number of nitrogens with zero attached hydrogens (tertiary/aromatic N) is 4. The Morgan fingerprint density at radius 2 is 0.886 bits per heavy atom. The first-order valence-electron chi connectivity index (χ1n) is 10.7. The lowest BCUT2D eigenvalue weighted by atomic mass is 10.2. The Morgan fingerprint density at radius 1 is 0.514 bits per heavy atom. The molecule has 0 aliphatic carbocycles. The smallest absolute Gasteiger partial charge is 0.244 e. The third-order valence-corrected chi connectivity index (χ3v) is 4.24. The average Bonchev–Trinajstić information content (AvgIpc) is 2.89. The molecule has 0 unspecified atom stereocenters. The molecule has 0 bridgehead atoms. The minimum atomic E-state index is 0. The normalized spacial score (nSPS) is 11.7. The second-order valence-corrected chi connectivity index (χ2v) is 6.80. The second-order valence-electron chi connectivity index (χ2n) is 6.80. The van der Waals surface area contributed by atoms with Crippen molar-refractivity contribution in [1.82, 2.24) is 10.9 Å². The fraction of sp³-hybridized carbons (Fsp3) is 0. The lowest BCUT2D eigenvalue weighted by Crippen LogP contribution is -2.30. The molecule has 0 aliphatic rings. The van der Waals surface area contributed by atoms with Crippen LogP contribution in [0.25, 0.3) is 18.2 Å². The van der Waals surface area contributed by atoms with E-state index in [1.165, 1.54) is 0 Å². The van der Waals surface area contributed by atoms with E-state index in [2.05, 4.69) is 31.3 Å². The first kappa shape index (κ1) is 26.7. The summed E-state index contributed by atoms with van der Waals surface area (Å²) in [6, 6.07) is 29.9. The van der Waals surface area contributed by atoms with Gasteiger partial charge in [-0.2, -0.15) is 15.3 Å². The summed E-state index contributed by atoms with van der Waals surface area (Å²) in [7, 11) is 0. The molecule has 6 nitrogen and oxygen atoms in total. The summed E-state index contributed by atoms with van der Waals surface area (Å²) < 4.78 is 0. The summed E-state index contributed by atoms with van der Waals surface area (Å²) in [5.74, 6) is 0.276. The molecular formula is C28H27ClN6. The van der Waals surface area contributed by atoms with Gasteiger partial charge in [0.2, 0.25) is 0 Å². The average molecular weight is 483 g/mol. The Labute approximate surface area is 212 Å². The van der Waals surface area contributed by atoms with Gasteiger partial charge in [0.1, 0.15) is 0 Å². The van der Waals surface area contributed by atoms with E-state index in [1.54, 1.807) is 18.6 Å². The van der Waals surface area contributed by atoms with Crippen molar-refractivity contribution < 1.29 is 0 Å². The molecule has 0 aliphatic heterocycles. The fourth-order valence-corrected chi connectivity index (χ4v) is 2.64. The summed E-state index contributed by atoms with van der Waals surface area (Å²) in [6.45, 7) is 0. The van der Waals surface area contributed by atoms with Gasteiger partial charge in [-0.1, -0.05) is 109 Å². The molecule has 0 spiro atoms.